The highest BCUT2D eigenvalue weighted by atomic mass is 15.2. The van der Waals surface area contributed by atoms with E-state index in [4.69, 9.17) is 0 Å². The second-order valence-electron chi connectivity index (χ2n) is 4.01. The van der Waals surface area contributed by atoms with Crippen molar-refractivity contribution in [1.29, 1.82) is 0 Å². The second kappa shape index (κ2) is 4.64. The molecule has 1 saturated heterocycles. The summed E-state index contributed by atoms with van der Waals surface area (Å²) in [6, 6.07) is 4.62. The van der Waals surface area contributed by atoms with Crippen molar-refractivity contribution in [2.75, 3.05) is 26.2 Å². The van der Waals surface area contributed by atoms with E-state index in [9.17, 15) is 0 Å². The van der Waals surface area contributed by atoms with Gasteiger partial charge in [0.2, 0.25) is 0 Å². The van der Waals surface area contributed by atoms with Crippen molar-refractivity contribution < 1.29 is 0 Å². The number of nitrogens with zero attached hydrogens (tertiary/aromatic N) is 2. The number of hydrogen-bond acceptors (Lipinski definition) is 2. The van der Waals surface area contributed by atoms with E-state index in [0.717, 1.165) is 26.2 Å². The molecule has 1 aliphatic heterocycles. The molecule has 0 aliphatic carbocycles. The number of aromatic nitrogens is 1. The van der Waals surface area contributed by atoms with Crippen molar-refractivity contribution >= 4 is 0 Å². The maximum atomic E-state index is 3.96. The fourth-order valence-electron chi connectivity index (χ4n) is 2.20. The van der Waals surface area contributed by atoms with Crippen molar-refractivity contribution in [2.45, 2.75) is 6.04 Å². The van der Waals surface area contributed by atoms with Crippen LogP contribution in [0.4, 0.5) is 0 Å². The Morgan fingerprint density at radius 1 is 1.47 bits per heavy atom. The van der Waals surface area contributed by atoms with Crippen LogP contribution in [0.5, 0.6) is 0 Å². The lowest BCUT2D eigenvalue weighted by molar-refractivity contribution is 0.198. The summed E-state index contributed by atoms with van der Waals surface area (Å²) in [4.78, 5) is 2.47. The van der Waals surface area contributed by atoms with Crippen LogP contribution in [0.15, 0.2) is 31.0 Å². The number of rotatable bonds is 3. The Hall–Kier alpha value is -1.06. The zero-order valence-corrected chi connectivity index (χ0v) is 9.32. The van der Waals surface area contributed by atoms with Crippen LogP contribution in [-0.2, 0) is 7.05 Å². The summed E-state index contributed by atoms with van der Waals surface area (Å²) in [7, 11) is 2.09. The predicted octanol–water partition coefficient (Wildman–Crippen LogP) is 1.16. The Kier molecular flexibility index (Phi) is 3.23. The van der Waals surface area contributed by atoms with Crippen LogP contribution in [-0.4, -0.2) is 35.6 Å². The molecule has 0 aromatic carbocycles. The van der Waals surface area contributed by atoms with Gasteiger partial charge in [-0.05, 0) is 12.1 Å². The molecule has 0 unspecified atom stereocenters. The van der Waals surface area contributed by atoms with Gasteiger partial charge in [0.25, 0.3) is 0 Å². The molecule has 15 heavy (non-hydrogen) atoms. The summed E-state index contributed by atoms with van der Waals surface area (Å²) in [5.74, 6) is 0. The van der Waals surface area contributed by atoms with Crippen LogP contribution in [0.1, 0.15) is 11.7 Å². The van der Waals surface area contributed by atoms with Gasteiger partial charge < -0.3 is 9.88 Å². The van der Waals surface area contributed by atoms with E-state index in [-0.39, 0.29) is 0 Å². The summed E-state index contributed by atoms with van der Waals surface area (Å²) in [6.07, 6.45) is 4.13. The quantitative estimate of drug-likeness (QED) is 0.747. The first-order chi connectivity index (χ1) is 7.33. The van der Waals surface area contributed by atoms with Gasteiger partial charge in [-0.1, -0.05) is 6.08 Å². The molecule has 3 heteroatoms. The highest BCUT2D eigenvalue weighted by Crippen LogP contribution is 2.21. The summed E-state index contributed by atoms with van der Waals surface area (Å²) >= 11 is 0. The van der Waals surface area contributed by atoms with Crippen LogP contribution in [0.3, 0.4) is 0 Å². The van der Waals surface area contributed by atoms with Crippen LogP contribution >= 0.6 is 0 Å². The molecular formula is C12H19N3. The zero-order chi connectivity index (χ0) is 10.7. The highest BCUT2D eigenvalue weighted by Gasteiger charge is 2.20. The molecule has 1 atom stereocenters. The van der Waals surface area contributed by atoms with Crippen molar-refractivity contribution in [2.24, 2.45) is 7.05 Å². The van der Waals surface area contributed by atoms with Crippen molar-refractivity contribution in [3.8, 4) is 0 Å². The first-order valence-corrected chi connectivity index (χ1v) is 5.51. The normalized spacial score (nSPS) is 20.1. The summed E-state index contributed by atoms with van der Waals surface area (Å²) in [5, 5.41) is 3.37. The third kappa shape index (κ3) is 2.13. The van der Waals surface area contributed by atoms with Crippen LogP contribution < -0.4 is 5.32 Å². The van der Waals surface area contributed by atoms with Gasteiger partial charge in [-0.15, -0.1) is 6.58 Å². The minimum absolute atomic E-state index is 0.354. The Balaban J connectivity index is 2.16. The first-order valence-electron chi connectivity index (χ1n) is 5.51. The zero-order valence-electron chi connectivity index (χ0n) is 9.32. The van der Waals surface area contributed by atoms with Crippen LogP contribution in [0.2, 0.25) is 0 Å². The lowest BCUT2D eigenvalue weighted by Gasteiger charge is -2.33. The summed E-state index contributed by atoms with van der Waals surface area (Å²) < 4.78 is 2.17. The first kappa shape index (κ1) is 10.5. The minimum atomic E-state index is 0.354. The van der Waals surface area contributed by atoms with Gasteiger partial charge in [-0.25, -0.2) is 0 Å². The summed E-state index contributed by atoms with van der Waals surface area (Å²) in [5.41, 5.74) is 1.33. The predicted molar refractivity (Wildman–Crippen MR) is 62.8 cm³/mol. The molecule has 2 heterocycles. The van der Waals surface area contributed by atoms with E-state index in [1.54, 1.807) is 0 Å². The monoisotopic (exact) mass is 205 g/mol. The maximum absolute atomic E-state index is 3.96. The molecule has 0 saturated carbocycles. The smallest absolute Gasteiger partial charge is 0.0684 e. The Labute approximate surface area is 91.4 Å². The fraction of sp³-hybridized carbons (Fsp3) is 0.500. The van der Waals surface area contributed by atoms with Gasteiger partial charge in [0.15, 0.2) is 0 Å². The van der Waals surface area contributed by atoms with E-state index in [2.05, 4.69) is 46.7 Å². The van der Waals surface area contributed by atoms with E-state index in [0.29, 0.717) is 6.04 Å². The number of hydrogen-bond donors (Lipinski definition) is 1. The molecule has 1 fully saturated rings. The lowest BCUT2D eigenvalue weighted by atomic mass is 10.1. The SMILES string of the molecule is C=C[C@@H](c1cccn1C)N1CCNCC1. The number of aryl methyl sites for hydroxylation is 1. The van der Waals surface area contributed by atoms with E-state index < -0.39 is 0 Å². The largest absolute Gasteiger partial charge is 0.353 e. The average Bonchev–Trinajstić information content (AvgIpc) is 2.68. The highest BCUT2D eigenvalue weighted by molar-refractivity contribution is 5.16. The third-order valence-corrected chi connectivity index (χ3v) is 3.06. The molecule has 1 aromatic rings. The topological polar surface area (TPSA) is 20.2 Å². The Bertz CT molecular complexity index is 323. The molecule has 82 valence electrons. The number of piperazine rings is 1. The molecule has 0 radical (unpaired) electrons. The van der Waals surface area contributed by atoms with Crippen LogP contribution in [0, 0.1) is 0 Å². The van der Waals surface area contributed by atoms with Gasteiger partial charge in [0.05, 0.1) is 6.04 Å². The number of nitrogens with one attached hydrogen (secondary N) is 1. The van der Waals surface area contributed by atoms with Gasteiger partial charge in [-0.3, -0.25) is 4.90 Å². The van der Waals surface area contributed by atoms with Gasteiger partial charge >= 0.3 is 0 Å². The molecule has 0 spiro atoms. The standard InChI is InChI=1S/C12H19N3/c1-3-11(12-5-4-8-14(12)2)15-9-6-13-7-10-15/h3-5,8,11,13H,1,6-7,9-10H2,2H3/t11-/m0/s1. The van der Waals surface area contributed by atoms with E-state index in [1.165, 1.54) is 5.69 Å². The van der Waals surface area contributed by atoms with Crippen molar-refractivity contribution in [3.05, 3.63) is 36.7 Å². The van der Waals surface area contributed by atoms with E-state index in [1.807, 2.05) is 6.08 Å². The molecule has 0 amide bonds. The molecule has 0 bridgehead atoms. The fourth-order valence-corrected chi connectivity index (χ4v) is 2.20. The van der Waals surface area contributed by atoms with Crippen molar-refractivity contribution in [3.63, 3.8) is 0 Å². The van der Waals surface area contributed by atoms with E-state index >= 15 is 0 Å². The average molecular weight is 205 g/mol. The summed E-state index contributed by atoms with van der Waals surface area (Å²) in [6.45, 7) is 8.31. The molecule has 2 rings (SSSR count). The maximum Gasteiger partial charge on any atom is 0.0684 e. The molecule has 1 aliphatic rings. The second-order valence-corrected chi connectivity index (χ2v) is 4.01. The molecule has 3 nitrogen and oxygen atoms in total. The van der Waals surface area contributed by atoms with Gasteiger partial charge in [0, 0.05) is 45.1 Å². The molecular weight excluding hydrogens is 186 g/mol. The van der Waals surface area contributed by atoms with Crippen molar-refractivity contribution in [1.82, 2.24) is 14.8 Å². The third-order valence-electron chi connectivity index (χ3n) is 3.06. The lowest BCUT2D eigenvalue weighted by Crippen LogP contribution is -2.45. The van der Waals surface area contributed by atoms with Gasteiger partial charge in [0.1, 0.15) is 0 Å². The molecule has 1 aromatic heterocycles. The Morgan fingerprint density at radius 3 is 2.73 bits per heavy atom. The molecule has 1 N–H and O–H groups in total. The Morgan fingerprint density at radius 2 is 2.20 bits per heavy atom. The van der Waals surface area contributed by atoms with Gasteiger partial charge in [-0.2, -0.15) is 0 Å². The van der Waals surface area contributed by atoms with Crippen LogP contribution in [0.25, 0.3) is 0 Å². The minimum Gasteiger partial charge on any atom is -0.353 e.